The molecule has 2 rings (SSSR count). The van der Waals surface area contributed by atoms with E-state index in [-0.39, 0.29) is 25.8 Å². The van der Waals surface area contributed by atoms with Crippen LogP contribution in [0.5, 0.6) is 0 Å². The molecule has 0 spiro atoms. The zero-order valence-electron chi connectivity index (χ0n) is 25.1. The number of rotatable bonds is 14. The maximum Gasteiger partial charge on any atom is 0.407 e. The van der Waals surface area contributed by atoms with Gasteiger partial charge in [-0.1, -0.05) is 0 Å². The van der Waals surface area contributed by atoms with Gasteiger partial charge < -0.3 is 53.8 Å². The second-order valence-electron chi connectivity index (χ2n) is 10.2. The first kappa shape index (κ1) is 35.7. The van der Waals surface area contributed by atoms with Gasteiger partial charge in [0.1, 0.15) is 38.1 Å². The van der Waals surface area contributed by atoms with E-state index in [2.05, 4.69) is 16.0 Å². The largest absolute Gasteiger partial charge is 0.463 e. The highest BCUT2D eigenvalue weighted by Crippen LogP contribution is 2.28. The van der Waals surface area contributed by atoms with E-state index in [1.807, 2.05) is 0 Å². The van der Waals surface area contributed by atoms with Crippen molar-refractivity contribution in [3.63, 3.8) is 0 Å². The molecule has 17 nitrogen and oxygen atoms in total. The smallest absolute Gasteiger partial charge is 0.407 e. The van der Waals surface area contributed by atoms with Gasteiger partial charge in [0.05, 0.1) is 6.61 Å². The predicted octanol–water partition coefficient (Wildman–Crippen LogP) is -0.957. The molecule has 0 radical (unpaired) electrons. The third-order valence-corrected chi connectivity index (χ3v) is 5.86. The summed E-state index contributed by atoms with van der Waals surface area (Å²) in [5.41, 5.74) is 0. The molecule has 0 aromatic heterocycles. The van der Waals surface area contributed by atoms with E-state index >= 15 is 0 Å². The SMILES string of the molecule is CC(=O)N[C@H]1[C@H](OCC(=O)NCCCNC(=O)OC[C@H]2COC(C)(C)O2)O[C@H](COC(C)=O)[C@H](OC(C)=O)[C@@H]1OC(C)=O. The molecule has 2 aliphatic heterocycles. The van der Waals surface area contributed by atoms with Crippen molar-refractivity contribution in [2.75, 3.05) is 39.5 Å². The zero-order chi connectivity index (χ0) is 32.2. The van der Waals surface area contributed by atoms with Crippen molar-refractivity contribution in [2.24, 2.45) is 0 Å². The van der Waals surface area contributed by atoms with Crippen LogP contribution in [0.1, 0.15) is 48.0 Å². The van der Waals surface area contributed by atoms with Gasteiger partial charge in [0.25, 0.3) is 0 Å². The lowest BCUT2D eigenvalue weighted by Crippen LogP contribution is -2.66. The summed E-state index contributed by atoms with van der Waals surface area (Å²) in [5.74, 6) is -3.99. The molecular formula is C26H41N3O14. The molecule has 0 bridgehead atoms. The van der Waals surface area contributed by atoms with Gasteiger partial charge in [-0.15, -0.1) is 0 Å². The second-order valence-corrected chi connectivity index (χ2v) is 10.2. The van der Waals surface area contributed by atoms with Gasteiger partial charge >= 0.3 is 24.0 Å². The Hall–Kier alpha value is -3.54. The molecule has 0 unspecified atom stereocenters. The maximum absolute atomic E-state index is 12.4. The molecule has 0 aliphatic carbocycles. The summed E-state index contributed by atoms with van der Waals surface area (Å²) < 4.78 is 43.2. The van der Waals surface area contributed by atoms with Crippen LogP contribution < -0.4 is 16.0 Å². The van der Waals surface area contributed by atoms with E-state index in [1.54, 1.807) is 13.8 Å². The Morgan fingerprint density at radius 1 is 0.837 bits per heavy atom. The number of carbonyl (C=O) groups excluding carboxylic acids is 6. The number of amides is 3. The highest BCUT2D eigenvalue weighted by molar-refractivity contribution is 5.77. The fraction of sp³-hybridized carbons (Fsp3) is 0.769. The van der Waals surface area contributed by atoms with Gasteiger partial charge in [0, 0.05) is 40.8 Å². The highest BCUT2D eigenvalue weighted by Gasteiger charge is 2.51. The summed E-state index contributed by atoms with van der Waals surface area (Å²) in [5, 5.41) is 7.70. The summed E-state index contributed by atoms with van der Waals surface area (Å²) in [7, 11) is 0. The molecular weight excluding hydrogens is 578 g/mol. The highest BCUT2D eigenvalue weighted by atomic mass is 16.8. The number of hydrogen-bond acceptors (Lipinski definition) is 14. The van der Waals surface area contributed by atoms with E-state index in [0.717, 1.165) is 20.8 Å². The van der Waals surface area contributed by atoms with Crippen molar-refractivity contribution >= 4 is 35.8 Å². The van der Waals surface area contributed by atoms with Crippen LogP contribution in [0.4, 0.5) is 4.79 Å². The fourth-order valence-electron chi connectivity index (χ4n) is 4.21. The Labute approximate surface area is 248 Å². The zero-order valence-corrected chi connectivity index (χ0v) is 25.1. The van der Waals surface area contributed by atoms with Crippen LogP contribution in [0.25, 0.3) is 0 Å². The molecule has 2 saturated heterocycles. The number of hydrogen-bond donors (Lipinski definition) is 3. The lowest BCUT2D eigenvalue weighted by Gasteiger charge is -2.44. The molecule has 0 aromatic rings. The lowest BCUT2D eigenvalue weighted by atomic mass is 9.96. The number of carbonyl (C=O) groups is 6. The van der Waals surface area contributed by atoms with Crippen LogP contribution >= 0.6 is 0 Å². The lowest BCUT2D eigenvalue weighted by molar-refractivity contribution is -0.276. The van der Waals surface area contributed by atoms with Crippen molar-refractivity contribution in [1.82, 2.24) is 16.0 Å². The molecule has 6 atom stereocenters. The van der Waals surface area contributed by atoms with Gasteiger partial charge in [0.15, 0.2) is 24.3 Å². The first-order valence-corrected chi connectivity index (χ1v) is 13.7. The van der Waals surface area contributed by atoms with Crippen molar-refractivity contribution in [3.05, 3.63) is 0 Å². The molecule has 17 heteroatoms. The minimum atomic E-state index is -1.37. The Morgan fingerprint density at radius 2 is 1.49 bits per heavy atom. The Bertz CT molecular complexity index is 1010. The summed E-state index contributed by atoms with van der Waals surface area (Å²) in [6, 6.07) is -1.20. The molecule has 3 N–H and O–H groups in total. The van der Waals surface area contributed by atoms with Gasteiger partial charge in [-0.25, -0.2) is 4.79 Å². The normalized spacial score (nSPS) is 26.0. The number of esters is 3. The average molecular weight is 620 g/mol. The van der Waals surface area contributed by atoms with Crippen LogP contribution in [0.2, 0.25) is 0 Å². The van der Waals surface area contributed by atoms with Crippen molar-refractivity contribution in [2.45, 2.75) is 90.5 Å². The van der Waals surface area contributed by atoms with Crippen molar-refractivity contribution < 1.29 is 66.7 Å². The molecule has 2 aliphatic rings. The molecule has 3 amide bonds. The van der Waals surface area contributed by atoms with Crippen LogP contribution in [0.3, 0.4) is 0 Å². The van der Waals surface area contributed by atoms with Crippen molar-refractivity contribution in [1.29, 1.82) is 0 Å². The first-order chi connectivity index (χ1) is 20.2. The third kappa shape index (κ3) is 13.1. The van der Waals surface area contributed by atoms with E-state index in [1.165, 1.54) is 6.92 Å². The Kier molecular flexibility index (Phi) is 14.0. The van der Waals surface area contributed by atoms with E-state index in [9.17, 15) is 28.8 Å². The predicted molar refractivity (Wildman–Crippen MR) is 142 cm³/mol. The van der Waals surface area contributed by atoms with Crippen LogP contribution in [0.15, 0.2) is 0 Å². The number of alkyl carbamates (subject to hydrolysis) is 1. The number of nitrogens with one attached hydrogen (secondary N) is 3. The summed E-state index contributed by atoms with van der Waals surface area (Å²) in [4.78, 5) is 71.4. The van der Waals surface area contributed by atoms with E-state index < -0.39 is 85.5 Å². The summed E-state index contributed by atoms with van der Waals surface area (Å²) in [6.07, 6.45) is -5.75. The molecule has 43 heavy (non-hydrogen) atoms. The first-order valence-electron chi connectivity index (χ1n) is 13.7. The van der Waals surface area contributed by atoms with Crippen LogP contribution in [-0.4, -0.2) is 118 Å². The minimum Gasteiger partial charge on any atom is -0.463 e. The topological polar surface area (TPSA) is 212 Å². The van der Waals surface area contributed by atoms with Crippen LogP contribution in [-0.2, 0) is 61.9 Å². The standard InChI is InChI=1S/C26H41N3O14/c1-14(30)29-21-23(41-17(4)33)22(40-16(3)32)19(12-36-15(2)31)42-24(21)37-13-20(34)27-8-7-9-28-25(35)38-10-18-11-39-26(5,6)43-18/h18-19,21-24H,7-13H2,1-6H3,(H,27,34)(H,28,35)(H,29,30)/t18-,19+,21+,22-,23+,24+/m0/s1. The van der Waals surface area contributed by atoms with Gasteiger partial charge in [-0.2, -0.15) is 0 Å². The molecule has 2 fully saturated rings. The quantitative estimate of drug-likeness (QED) is 0.121. The minimum absolute atomic E-state index is 0.0354. The number of ether oxygens (including phenoxy) is 8. The average Bonchev–Trinajstić information content (AvgIpc) is 3.25. The summed E-state index contributed by atoms with van der Waals surface area (Å²) in [6.45, 7) is 7.91. The molecule has 244 valence electrons. The van der Waals surface area contributed by atoms with Crippen molar-refractivity contribution in [3.8, 4) is 0 Å². The van der Waals surface area contributed by atoms with E-state index in [4.69, 9.17) is 37.9 Å². The molecule has 0 saturated carbocycles. The maximum atomic E-state index is 12.4. The summed E-state index contributed by atoms with van der Waals surface area (Å²) >= 11 is 0. The molecule has 0 aromatic carbocycles. The Morgan fingerprint density at radius 3 is 2.07 bits per heavy atom. The molecule has 2 heterocycles. The Balaban J connectivity index is 1.89. The third-order valence-electron chi connectivity index (χ3n) is 5.86. The van der Waals surface area contributed by atoms with E-state index in [0.29, 0.717) is 13.0 Å². The van der Waals surface area contributed by atoms with Gasteiger partial charge in [-0.05, 0) is 20.3 Å². The van der Waals surface area contributed by atoms with Gasteiger partial charge in [0.2, 0.25) is 11.8 Å². The van der Waals surface area contributed by atoms with Gasteiger partial charge in [-0.3, -0.25) is 24.0 Å². The monoisotopic (exact) mass is 619 g/mol. The second kappa shape index (κ2) is 16.9. The fourth-order valence-corrected chi connectivity index (χ4v) is 4.21. The van der Waals surface area contributed by atoms with Crippen LogP contribution in [0, 0.1) is 0 Å².